The normalized spacial score (nSPS) is 18.5. The lowest BCUT2D eigenvalue weighted by atomic mass is 9.78. The van der Waals surface area contributed by atoms with E-state index in [1.165, 1.54) is 6.26 Å². The maximum absolute atomic E-state index is 11.6. The van der Waals surface area contributed by atoms with E-state index in [0.29, 0.717) is 12.4 Å². The smallest absolute Gasteiger partial charge is 0.179 e. The number of rotatable bonds is 4. The first-order valence-corrected chi connectivity index (χ1v) is 7.48. The van der Waals surface area contributed by atoms with Crippen molar-refractivity contribution >= 4 is 15.7 Å². The zero-order chi connectivity index (χ0) is 12.5. The molecular weight excluding hydrogens is 238 g/mol. The standard InChI is InChI=1S/C11H17N3O2S/c1-17(15,16)9-4-2-7-13-10(9)14-8-11(12)5-3-6-11/h2,4,7H,3,5-6,8,12H2,1H3,(H,13,14). The van der Waals surface area contributed by atoms with Crippen LogP contribution in [-0.4, -0.2) is 31.7 Å². The Hall–Kier alpha value is -1.14. The molecule has 0 bridgehead atoms. The van der Waals surface area contributed by atoms with Gasteiger partial charge in [-0.1, -0.05) is 0 Å². The van der Waals surface area contributed by atoms with Crippen molar-refractivity contribution in [2.75, 3.05) is 18.1 Å². The molecule has 3 N–H and O–H groups in total. The molecule has 1 saturated carbocycles. The van der Waals surface area contributed by atoms with E-state index in [-0.39, 0.29) is 10.4 Å². The van der Waals surface area contributed by atoms with Crippen molar-refractivity contribution in [2.45, 2.75) is 29.7 Å². The van der Waals surface area contributed by atoms with Gasteiger partial charge in [-0.3, -0.25) is 0 Å². The fraction of sp³-hybridized carbons (Fsp3) is 0.545. The summed E-state index contributed by atoms with van der Waals surface area (Å²) in [5.41, 5.74) is 5.87. The van der Waals surface area contributed by atoms with Crippen molar-refractivity contribution in [2.24, 2.45) is 5.73 Å². The van der Waals surface area contributed by atoms with Gasteiger partial charge in [0.1, 0.15) is 10.7 Å². The van der Waals surface area contributed by atoms with Gasteiger partial charge in [0, 0.05) is 24.5 Å². The third-order valence-corrected chi connectivity index (χ3v) is 4.26. The van der Waals surface area contributed by atoms with Crippen molar-refractivity contribution in [3.05, 3.63) is 18.3 Å². The molecule has 0 atom stereocenters. The minimum absolute atomic E-state index is 0.202. The third kappa shape index (κ3) is 2.76. The van der Waals surface area contributed by atoms with Crippen LogP contribution in [0.2, 0.25) is 0 Å². The second-order valence-corrected chi connectivity index (χ2v) is 6.68. The van der Waals surface area contributed by atoms with Crippen LogP contribution in [0.1, 0.15) is 19.3 Å². The van der Waals surface area contributed by atoms with Gasteiger partial charge in [-0.25, -0.2) is 13.4 Å². The van der Waals surface area contributed by atoms with Crippen LogP contribution >= 0.6 is 0 Å². The molecule has 1 fully saturated rings. The van der Waals surface area contributed by atoms with Crippen molar-refractivity contribution in [1.29, 1.82) is 0 Å². The summed E-state index contributed by atoms with van der Waals surface area (Å²) < 4.78 is 23.1. The summed E-state index contributed by atoms with van der Waals surface area (Å²) in [5.74, 6) is 0.395. The van der Waals surface area contributed by atoms with Crippen LogP contribution in [0, 0.1) is 0 Å². The zero-order valence-corrected chi connectivity index (χ0v) is 10.6. The van der Waals surface area contributed by atoms with Crippen LogP contribution in [0.3, 0.4) is 0 Å². The highest BCUT2D eigenvalue weighted by Gasteiger charge is 2.32. The Kier molecular flexibility index (Phi) is 3.09. The van der Waals surface area contributed by atoms with Crippen LogP contribution in [0.15, 0.2) is 23.2 Å². The molecule has 0 aliphatic heterocycles. The van der Waals surface area contributed by atoms with Gasteiger partial charge < -0.3 is 11.1 Å². The first-order valence-electron chi connectivity index (χ1n) is 5.59. The van der Waals surface area contributed by atoms with Gasteiger partial charge in [-0.05, 0) is 31.4 Å². The minimum Gasteiger partial charge on any atom is -0.367 e. The summed E-state index contributed by atoms with van der Waals surface area (Å²) in [5, 5.41) is 3.05. The third-order valence-electron chi connectivity index (χ3n) is 3.13. The number of pyridine rings is 1. The van der Waals surface area contributed by atoms with E-state index < -0.39 is 9.84 Å². The molecular formula is C11H17N3O2S. The molecule has 1 aliphatic rings. The molecule has 0 amide bonds. The first kappa shape index (κ1) is 12.3. The molecule has 1 heterocycles. The number of aromatic nitrogens is 1. The molecule has 94 valence electrons. The largest absolute Gasteiger partial charge is 0.367 e. The van der Waals surface area contributed by atoms with Crippen LogP contribution in [-0.2, 0) is 9.84 Å². The lowest BCUT2D eigenvalue weighted by molar-refractivity contribution is 0.265. The molecule has 0 unspecified atom stereocenters. The zero-order valence-electron chi connectivity index (χ0n) is 9.81. The van der Waals surface area contributed by atoms with E-state index in [4.69, 9.17) is 5.73 Å². The quantitative estimate of drug-likeness (QED) is 0.830. The highest BCUT2D eigenvalue weighted by Crippen LogP contribution is 2.29. The van der Waals surface area contributed by atoms with Gasteiger partial charge in [0.2, 0.25) is 0 Å². The highest BCUT2D eigenvalue weighted by molar-refractivity contribution is 7.90. The SMILES string of the molecule is CS(=O)(=O)c1cccnc1NCC1(N)CCC1. The monoisotopic (exact) mass is 255 g/mol. The molecule has 0 spiro atoms. The number of anilines is 1. The highest BCUT2D eigenvalue weighted by atomic mass is 32.2. The first-order chi connectivity index (χ1) is 7.91. The Balaban J connectivity index is 2.16. The summed E-state index contributed by atoms with van der Waals surface area (Å²) in [7, 11) is -3.26. The maximum atomic E-state index is 11.6. The summed E-state index contributed by atoms with van der Waals surface area (Å²) in [4.78, 5) is 4.29. The molecule has 0 aromatic carbocycles. The molecule has 5 nitrogen and oxygen atoms in total. The van der Waals surface area contributed by atoms with Crippen molar-refractivity contribution in [3.8, 4) is 0 Å². The van der Waals surface area contributed by atoms with Crippen LogP contribution in [0.5, 0.6) is 0 Å². The number of nitrogens with one attached hydrogen (secondary N) is 1. The van der Waals surface area contributed by atoms with Gasteiger partial charge in [0.25, 0.3) is 0 Å². The fourth-order valence-electron chi connectivity index (χ4n) is 1.89. The van der Waals surface area contributed by atoms with Gasteiger partial charge >= 0.3 is 0 Å². The van der Waals surface area contributed by atoms with E-state index in [0.717, 1.165) is 19.3 Å². The van der Waals surface area contributed by atoms with Gasteiger partial charge in [-0.2, -0.15) is 0 Å². The molecule has 1 aromatic heterocycles. The number of sulfone groups is 1. The van der Waals surface area contributed by atoms with Crippen LogP contribution in [0.4, 0.5) is 5.82 Å². The maximum Gasteiger partial charge on any atom is 0.179 e. The van der Waals surface area contributed by atoms with E-state index >= 15 is 0 Å². The molecule has 1 aliphatic carbocycles. The van der Waals surface area contributed by atoms with Crippen LogP contribution in [0.25, 0.3) is 0 Å². The van der Waals surface area contributed by atoms with Gasteiger partial charge in [0.05, 0.1) is 0 Å². The Morgan fingerprint density at radius 1 is 1.53 bits per heavy atom. The number of hydrogen-bond donors (Lipinski definition) is 2. The Bertz CT molecular complexity index is 509. The number of hydrogen-bond acceptors (Lipinski definition) is 5. The molecule has 0 radical (unpaired) electrons. The Morgan fingerprint density at radius 2 is 2.24 bits per heavy atom. The second-order valence-electron chi connectivity index (χ2n) is 4.69. The summed E-state index contributed by atoms with van der Waals surface area (Å²) >= 11 is 0. The summed E-state index contributed by atoms with van der Waals surface area (Å²) in [6.07, 6.45) is 5.83. The molecule has 6 heteroatoms. The molecule has 1 aromatic rings. The second kappa shape index (κ2) is 4.27. The van der Waals surface area contributed by atoms with Crippen molar-refractivity contribution < 1.29 is 8.42 Å². The minimum atomic E-state index is -3.26. The van der Waals surface area contributed by atoms with Gasteiger partial charge in [-0.15, -0.1) is 0 Å². The number of nitrogens with two attached hydrogens (primary N) is 1. The Morgan fingerprint density at radius 3 is 2.76 bits per heavy atom. The number of nitrogens with zero attached hydrogens (tertiary/aromatic N) is 1. The van der Waals surface area contributed by atoms with E-state index in [2.05, 4.69) is 10.3 Å². The predicted molar refractivity (Wildman–Crippen MR) is 66.6 cm³/mol. The predicted octanol–water partition coefficient (Wildman–Crippen LogP) is 0.778. The summed E-state index contributed by atoms with van der Waals surface area (Å²) in [6, 6.07) is 3.16. The lowest BCUT2D eigenvalue weighted by Crippen LogP contribution is -2.52. The van der Waals surface area contributed by atoms with Crippen molar-refractivity contribution in [1.82, 2.24) is 4.98 Å². The molecule has 0 saturated heterocycles. The Labute approximate surface area is 101 Å². The van der Waals surface area contributed by atoms with Crippen LogP contribution < -0.4 is 11.1 Å². The molecule has 17 heavy (non-hydrogen) atoms. The van der Waals surface area contributed by atoms with Crippen molar-refractivity contribution in [3.63, 3.8) is 0 Å². The van der Waals surface area contributed by atoms with E-state index in [1.54, 1.807) is 18.3 Å². The van der Waals surface area contributed by atoms with E-state index in [1.807, 2.05) is 0 Å². The molecule has 2 rings (SSSR count). The average molecular weight is 255 g/mol. The summed E-state index contributed by atoms with van der Waals surface area (Å²) in [6.45, 7) is 0.562. The fourth-order valence-corrected chi connectivity index (χ4v) is 2.69. The topological polar surface area (TPSA) is 85.1 Å². The lowest BCUT2D eigenvalue weighted by Gasteiger charge is -2.38. The van der Waals surface area contributed by atoms with Gasteiger partial charge in [0.15, 0.2) is 9.84 Å². The average Bonchev–Trinajstić information content (AvgIpc) is 2.23. The van der Waals surface area contributed by atoms with E-state index in [9.17, 15) is 8.42 Å².